The first-order valence-corrected chi connectivity index (χ1v) is 7.41. The van der Waals surface area contributed by atoms with Crippen LogP contribution in [0.15, 0.2) is 40.9 Å². The van der Waals surface area contributed by atoms with Crippen molar-refractivity contribution in [2.24, 2.45) is 0 Å². The molecule has 3 heteroatoms. The number of carbonyl (C=O) groups is 1. The first-order chi connectivity index (χ1) is 9.56. The topological polar surface area (TPSA) is 26.3 Å². The molecule has 2 aromatic rings. The second-order valence-electron chi connectivity index (χ2n) is 5.18. The molecule has 0 radical (unpaired) electrons. The van der Waals surface area contributed by atoms with Crippen LogP contribution in [0.5, 0.6) is 5.75 Å². The highest BCUT2D eigenvalue weighted by Gasteiger charge is 2.29. The fraction of sp³-hybridized carbons (Fsp3) is 0.235. The fourth-order valence-corrected chi connectivity index (χ4v) is 3.15. The highest BCUT2D eigenvalue weighted by atomic mass is 79.9. The molecule has 1 unspecified atom stereocenters. The van der Waals surface area contributed by atoms with E-state index < -0.39 is 0 Å². The highest BCUT2D eigenvalue weighted by molar-refractivity contribution is 9.10. The van der Waals surface area contributed by atoms with Crippen LogP contribution in [0.3, 0.4) is 0 Å². The summed E-state index contributed by atoms with van der Waals surface area (Å²) in [6.07, 6.45) is 0.215. The number of benzene rings is 2. The van der Waals surface area contributed by atoms with Gasteiger partial charge < -0.3 is 4.74 Å². The maximum Gasteiger partial charge on any atom is 0.170 e. The molecule has 1 aliphatic rings. The lowest BCUT2D eigenvalue weighted by Gasteiger charge is -2.27. The van der Waals surface area contributed by atoms with E-state index in [0.29, 0.717) is 17.7 Å². The maximum absolute atomic E-state index is 12.3. The third-order valence-electron chi connectivity index (χ3n) is 3.75. The summed E-state index contributed by atoms with van der Waals surface area (Å²) in [6, 6.07) is 11.7. The summed E-state index contributed by atoms with van der Waals surface area (Å²) in [5.41, 5.74) is 4.14. The Morgan fingerprint density at radius 3 is 2.55 bits per heavy atom. The molecule has 2 aromatic carbocycles. The van der Waals surface area contributed by atoms with Crippen LogP contribution in [-0.2, 0) is 0 Å². The van der Waals surface area contributed by atoms with Crippen LogP contribution in [0, 0.1) is 13.8 Å². The molecular weight excluding hydrogens is 316 g/mol. The van der Waals surface area contributed by atoms with E-state index in [1.54, 1.807) is 0 Å². The minimum absolute atomic E-state index is 0.139. The number of ether oxygens (including phenoxy) is 1. The van der Waals surface area contributed by atoms with Crippen molar-refractivity contribution in [3.8, 4) is 5.75 Å². The molecule has 1 aliphatic heterocycles. The molecular formula is C17H15BrO2. The van der Waals surface area contributed by atoms with E-state index in [-0.39, 0.29) is 11.9 Å². The average Bonchev–Trinajstić information content (AvgIpc) is 2.39. The van der Waals surface area contributed by atoms with Gasteiger partial charge in [0.15, 0.2) is 5.78 Å². The van der Waals surface area contributed by atoms with Gasteiger partial charge in [-0.1, -0.05) is 34.1 Å². The molecule has 0 amide bonds. The number of aryl methyl sites for hydroxylation is 2. The van der Waals surface area contributed by atoms with Crippen LogP contribution in [-0.4, -0.2) is 5.78 Å². The van der Waals surface area contributed by atoms with E-state index in [0.717, 1.165) is 10.0 Å². The third-order valence-corrected chi connectivity index (χ3v) is 4.24. The molecule has 0 spiro atoms. The van der Waals surface area contributed by atoms with Crippen molar-refractivity contribution >= 4 is 21.7 Å². The van der Waals surface area contributed by atoms with Gasteiger partial charge in [0.25, 0.3) is 0 Å². The Kier molecular flexibility index (Phi) is 3.38. The number of carbonyl (C=O) groups excluding carboxylic acids is 1. The Bertz CT molecular complexity index is 671. The predicted octanol–water partition coefficient (Wildman–Crippen LogP) is 4.77. The number of ketones is 1. The summed E-state index contributed by atoms with van der Waals surface area (Å²) in [5.74, 6) is 0.817. The summed E-state index contributed by atoms with van der Waals surface area (Å²) in [5, 5.41) is 0. The van der Waals surface area contributed by atoms with Crippen molar-refractivity contribution in [2.45, 2.75) is 26.4 Å². The van der Waals surface area contributed by atoms with Crippen molar-refractivity contribution in [3.05, 3.63) is 63.1 Å². The van der Waals surface area contributed by atoms with E-state index in [9.17, 15) is 4.79 Å². The van der Waals surface area contributed by atoms with Gasteiger partial charge in [-0.05, 0) is 48.7 Å². The Balaban J connectivity index is 2.04. The Hall–Kier alpha value is -1.61. The molecule has 2 nitrogen and oxygen atoms in total. The molecule has 1 heterocycles. The number of rotatable bonds is 1. The summed E-state index contributed by atoms with van der Waals surface area (Å²) in [6.45, 7) is 4.13. The van der Waals surface area contributed by atoms with E-state index in [2.05, 4.69) is 41.9 Å². The van der Waals surface area contributed by atoms with Crippen LogP contribution in [0.1, 0.15) is 39.6 Å². The van der Waals surface area contributed by atoms with Crippen LogP contribution >= 0.6 is 15.9 Å². The number of hydrogen-bond acceptors (Lipinski definition) is 2. The number of Topliss-reactive ketones (excluding diaryl/α,β-unsaturated/α-hetero) is 1. The number of halogens is 1. The fourth-order valence-electron chi connectivity index (χ4n) is 2.79. The second-order valence-corrected chi connectivity index (χ2v) is 6.10. The molecule has 3 rings (SSSR count). The van der Waals surface area contributed by atoms with Crippen LogP contribution in [0.2, 0.25) is 0 Å². The highest BCUT2D eigenvalue weighted by Crippen LogP contribution is 2.38. The first-order valence-electron chi connectivity index (χ1n) is 6.62. The lowest BCUT2D eigenvalue weighted by Crippen LogP contribution is -2.21. The van der Waals surface area contributed by atoms with Gasteiger partial charge in [0.1, 0.15) is 11.9 Å². The predicted molar refractivity (Wildman–Crippen MR) is 82.4 cm³/mol. The molecule has 0 fully saturated rings. The lowest BCUT2D eigenvalue weighted by molar-refractivity contribution is 0.0848. The Morgan fingerprint density at radius 2 is 1.85 bits per heavy atom. The quantitative estimate of drug-likeness (QED) is 0.752. The zero-order chi connectivity index (χ0) is 14.3. The van der Waals surface area contributed by atoms with Crippen molar-refractivity contribution in [2.75, 3.05) is 0 Å². The largest absolute Gasteiger partial charge is 0.484 e. The molecule has 0 bridgehead atoms. The smallest absolute Gasteiger partial charge is 0.170 e. The molecule has 0 aromatic heterocycles. The van der Waals surface area contributed by atoms with Gasteiger partial charge in [-0.25, -0.2) is 0 Å². The van der Waals surface area contributed by atoms with Crippen molar-refractivity contribution < 1.29 is 9.53 Å². The standard InChI is InChI=1S/C17H15BrO2/c1-10-4-3-5-11(2)17(10)16-9-14(19)13-8-12(18)6-7-15(13)20-16/h3-8,16H,9H2,1-2H3. The zero-order valence-electron chi connectivity index (χ0n) is 11.4. The van der Waals surface area contributed by atoms with E-state index >= 15 is 0 Å². The van der Waals surface area contributed by atoms with Gasteiger partial charge in [-0.15, -0.1) is 0 Å². The average molecular weight is 331 g/mol. The monoisotopic (exact) mass is 330 g/mol. The summed E-state index contributed by atoms with van der Waals surface area (Å²) in [4.78, 5) is 12.3. The zero-order valence-corrected chi connectivity index (χ0v) is 13.0. The Morgan fingerprint density at radius 1 is 1.15 bits per heavy atom. The number of hydrogen-bond donors (Lipinski definition) is 0. The molecule has 0 aliphatic carbocycles. The molecule has 102 valence electrons. The summed E-state index contributed by atoms with van der Waals surface area (Å²) in [7, 11) is 0. The van der Waals surface area contributed by atoms with Crippen LogP contribution < -0.4 is 4.74 Å². The Labute approximate surface area is 126 Å². The van der Waals surface area contributed by atoms with Gasteiger partial charge in [0, 0.05) is 4.47 Å². The van der Waals surface area contributed by atoms with Gasteiger partial charge in [-0.2, -0.15) is 0 Å². The molecule has 0 N–H and O–H groups in total. The molecule has 1 atom stereocenters. The molecule has 0 saturated carbocycles. The number of fused-ring (bicyclic) bond motifs is 1. The molecule has 20 heavy (non-hydrogen) atoms. The minimum atomic E-state index is -0.183. The summed E-state index contributed by atoms with van der Waals surface area (Å²) < 4.78 is 6.96. The van der Waals surface area contributed by atoms with E-state index in [1.165, 1.54) is 11.1 Å². The minimum Gasteiger partial charge on any atom is -0.484 e. The van der Waals surface area contributed by atoms with Crippen LogP contribution in [0.4, 0.5) is 0 Å². The van der Waals surface area contributed by atoms with E-state index in [1.807, 2.05) is 24.3 Å². The normalized spacial score (nSPS) is 17.6. The lowest BCUT2D eigenvalue weighted by atomic mass is 9.91. The van der Waals surface area contributed by atoms with Crippen molar-refractivity contribution in [1.29, 1.82) is 0 Å². The first kappa shape index (κ1) is 13.4. The van der Waals surface area contributed by atoms with Gasteiger partial charge >= 0.3 is 0 Å². The van der Waals surface area contributed by atoms with Crippen molar-refractivity contribution in [3.63, 3.8) is 0 Å². The van der Waals surface area contributed by atoms with Crippen molar-refractivity contribution in [1.82, 2.24) is 0 Å². The van der Waals surface area contributed by atoms with Crippen LogP contribution in [0.25, 0.3) is 0 Å². The van der Waals surface area contributed by atoms with E-state index in [4.69, 9.17) is 4.74 Å². The summed E-state index contributed by atoms with van der Waals surface area (Å²) >= 11 is 3.39. The SMILES string of the molecule is Cc1cccc(C)c1C1CC(=O)c2cc(Br)ccc2O1. The maximum atomic E-state index is 12.3. The second kappa shape index (κ2) is 5.06. The van der Waals surface area contributed by atoms with Gasteiger partial charge in [0.2, 0.25) is 0 Å². The molecule has 0 saturated heterocycles. The van der Waals surface area contributed by atoms with Gasteiger partial charge in [-0.3, -0.25) is 4.79 Å². The van der Waals surface area contributed by atoms with Gasteiger partial charge in [0.05, 0.1) is 12.0 Å². The third kappa shape index (κ3) is 2.27.